The molecule has 44 valence electrons. The Morgan fingerprint density at radius 1 is 1.43 bits per heavy atom. The van der Waals surface area contributed by atoms with Crippen LogP contribution in [0.1, 0.15) is 13.8 Å². The van der Waals surface area contributed by atoms with E-state index in [2.05, 4.69) is 38.1 Å². The van der Waals surface area contributed by atoms with E-state index in [1.165, 1.54) is 0 Å². The van der Waals surface area contributed by atoms with Gasteiger partial charge >= 0.3 is 0 Å². The van der Waals surface area contributed by atoms with E-state index in [9.17, 15) is 0 Å². The zero-order valence-electron chi connectivity index (χ0n) is 4.46. The Labute approximate surface area is 59.7 Å². The van der Waals surface area contributed by atoms with Crippen molar-refractivity contribution >= 4 is 35.1 Å². The fourth-order valence-electron chi connectivity index (χ4n) is 0.0881. The van der Waals surface area contributed by atoms with E-state index in [1.807, 2.05) is 0 Å². The average Bonchev–Trinajstić information content (AvgIpc) is 1.65. The summed E-state index contributed by atoms with van der Waals surface area (Å²) in [5, 5.41) is 0.995. The Morgan fingerprint density at radius 2 is 1.86 bits per heavy atom. The van der Waals surface area contributed by atoms with Crippen LogP contribution in [0.15, 0.2) is 0 Å². The van der Waals surface area contributed by atoms with Crippen molar-refractivity contribution in [2.75, 3.05) is 0 Å². The molecule has 0 amide bonds. The molecule has 0 saturated heterocycles. The first-order valence-corrected chi connectivity index (χ1v) is 4.61. The fourth-order valence-corrected chi connectivity index (χ4v) is 1.28. The lowest BCUT2D eigenvalue weighted by Crippen LogP contribution is -2.06. The van der Waals surface area contributed by atoms with Gasteiger partial charge in [0.15, 0.2) is 0 Å². The fraction of sp³-hybridized carbons (Fsp3) is 1.00. The normalized spacial score (nSPS) is 18.9. The van der Waals surface area contributed by atoms with Gasteiger partial charge in [0, 0.05) is 10.5 Å². The van der Waals surface area contributed by atoms with E-state index >= 15 is 0 Å². The SMILES string of the molecule is CC(S)C(C)SS. The topological polar surface area (TPSA) is 0 Å². The summed E-state index contributed by atoms with van der Waals surface area (Å²) in [4.78, 5) is 0. The highest BCUT2D eigenvalue weighted by Crippen LogP contribution is 2.20. The molecule has 0 radical (unpaired) electrons. The van der Waals surface area contributed by atoms with Crippen LogP contribution in [0, 0.1) is 0 Å². The molecule has 0 aromatic heterocycles. The summed E-state index contributed by atoms with van der Waals surface area (Å²) in [6.07, 6.45) is 0. The Balaban J connectivity index is 3.14. The van der Waals surface area contributed by atoms with E-state index in [0.29, 0.717) is 10.5 Å². The second-order valence-corrected chi connectivity index (χ2v) is 3.95. The third-order valence-corrected chi connectivity index (χ3v) is 3.23. The van der Waals surface area contributed by atoms with Crippen LogP contribution in [0.2, 0.25) is 0 Å². The zero-order chi connectivity index (χ0) is 5.86. The molecule has 0 heterocycles. The summed E-state index contributed by atoms with van der Waals surface area (Å²) in [5.41, 5.74) is 0. The molecule has 0 fully saturated rings. The molecule has 0 spiro atoms. The second-order valence-electron chi connectivity index (χ2n) is 1.55. The minimum absolute atomic E-state index is 0.447. The summed E-state index contributed by atoms with van der Waals surface area (Å²) in [5.74, 6) is 0. The Bertz CT molecular complexity index is 44.2. The maximum atomic E-state index is 4.20. The lowest BCUT2D eigenvalue weighted by atomic mass is 10.4. The van der Waals surface area contributed by atoms with Gasteiger partial charge in [0.25, 0.3) is 0 Å². The van der Waals surface area contributed by atoms with Gasteiger partial charge in [-0.05, 0) is 0 Å². The van der Waals surface area contributed by atoms with E-state index < -0.39 is 0 Å². The molecule has 0 aromatic rings. The molecule has 2 unspecified atom stereocenters. The maximum Gasteiger partial charge on any atom is 0.0234 e. The summed E-state index contributed by atoms with van der Waals surface area (Å²) in [6, 6.07) is 0. The highest BCUT2D eigenvalue weighted by atomic mass is 33.1. The summed E-state index contributed by atoms with van der Waals surface area (Å²) in [6.45, 7) is 4.17. The molecule has 3 heteroatoms. The number of rotatable bonds is 2. The van der Waals surface area contributed by atoms with Crippen LogP contribution in [0.5, 0.6) is 0 Å². The summed E-state index contributed by atoms with van der Waals surface area (Å²) < 4.78 is 0. The van der Waals surface area contributed by atoms with Crippen LogP contribution >= 0.6 is 35.1 Å². The van der Waals surface area contributed by atoms with Crippen LogP contribution in [0.4, 0.5) is 0 Å². The molecular formula is C4H10S3. The van der Waals surface area contributed by atoms with Crippen LogP contribution < -0.4 is 0 Å². The molecule has 0 aliphatic heterocycles. The largest absolute Gasteiger partial charge is 0.175 e. The molecule has 0 aromatic carbocycles. The lowest BCUT2D eigenvalue weighted by molar-refractivity contribution is 0.940. The molecule has 0 aliphatic carbocycles. The van der Waals surface area contributed by atoms with Crippen molar-refractivity contribution < 1.29 is 0 Å². The van der Waals surface area contributed by atoms with Gasteiger partial charge in [-0.15, -0.1) is 11.7 Å². The van der Waals surface area contributed by atoms with Crippen LogP contribution in [-0.4, -0.2) is 10.5 Å². The average molecular weight is 154 g/mol. The van der Waals surface area contributed by atoms with Crippen LogP contribution in [-0.2, 0) is 0 Å². The lowest BCUT2D eigenvalue weighted by Gasteiger charge is -2.08. The third kappa shape index (κ3) is 3.62. The van der Waals surface area contributed by atoms with Crippen molar-refractivity contribution in [2.45, 2.75) is 24.3 Å². The number of thiol groups is 2. The quantitative estimate of drug-likeness (QED) is 0.454. The second kappa shape index (κ2) is 3.98. The molecule has 7 heavy (non-hydrogen) atoms. The van der Waals surface area contributed by atoms with E-state index in [1.54, 1.807) is 10.8 Å². The van der Waals surface area contributed by atoms with Crippen molar-refractivity contribution in [3.63, 3.8) is 0 Å². The van der Waals surface area contributed by atoms with Gasteiger partial charge in [0.2, 0.25) is 0 Å². The predicted molar refractivity (Wildman–Crippen MR) is 44.5 cm³/mol. The highest BCUT2D eigenvalue weighted by Gasteiger charge is 2.03. The Kier molecular flexibility index (Phi) is 4.58. The van der Waals surface area contributed by atoms with Crippen molar-refractivity contribution in [1.29, 1.82) is 0 Å². The molecule has 0 bridgehead atoms. The van der Waals surface area contributed by atoms with Gasteiger partial charge in [-0.2, -0.15) is 12.6 Å². The van der Waals surface area contributed by atoms with Gasteiger partial charge in [-0.25, -0.2) is 0 Å². The highest BCUT2D eigenvalue weighted by molar-refractivity contribution is 8.68. The molecule has 0 rings (SSSR count). The van der Waals surface area contributed by atoms with Gasteiger partial charge in [0.1, 0.15) is 0 Å². The maximum absolute atomic E-state index is 4.20. The summed E-state index contributed by atoms with van der Waals surface area (Å²) >= 11 is 8.23. The van der Waals surface area contributed by atoms with Crippen LogP contribution in [0.25, 0.3) is 0 Å². The molecule has 0 N–H and O–H groups in total. The van der Waals surface area contributed by atoms with E-state index in [0.717, 1.165) is 0 Å². The van der Waals surface area contributed by atoms with Gasteiger partial charge in [-0.3, -0.25) is 0 Å². The standard InChI is InChI=1S/C4H10S3/c1-3(5)4(2)7-6/h3-6H,1-2H3. The number of hydrogen-bond acceptors (Lipinski definition) is 3. The van der Waals surface area contributed by atoms with Gasteiger partial charge < -0.3 is 0 Å². The van der Waals surface area contributed by atoms with Crippen molar-refractivity contribution in [1.82, 2.24) is 0 Å². The molecule has 0 saturated carbocycles. The van der Waals surface area contributed by atoms with E-state index in [-0.39, 0.29) is 0 Å². The van der Waals surface area contributed by atoms with Crippen molar-refractivity contribution in [3.05, 3.63) is 0 Å². The third-order valence-electron chi connectivity index (χ3n) is 0.846. The minimum atomic E-state index is 0.447. The molecular weight excluding hydrogens is 144 g/mol. The van der Waals surface area contributed by atoms with Crippen molar-refractivity contribution in [3.8, 4) is 0 Å². The van der Waals surface area contributed by atoms with Crippen molar-refractivity contribution in [2.24, 2.45) is 0 Å². The van der Waals surface area contributed by atoms with Gasteiger partial charge in [0.05, 0.1) is 0 Å². The monoisotopic (exact) mass is 154 g/mol. The van der Waals surface area contributed by atoms with Crippen LogP contribution in [0.3, 0.4) is 0 Å². The predicted octanol–water partition coefficient (Wildman–Crippen LogP) is 2.27. The molecule has 0 aliphatic rings. The van der Waals surface area contributed by atoms with E-state index in [4.69, 9.17) is 0 Å². The Hall–Kier alpha value is 1.05. The first kappa shape index (κ1) is 8.05. The minimum Gasteiger partial charge on any atom is -0.175 e. The smallest absolute Gasteiger partial charge is 0.0234 e. The Morgan fingerprint density at radius 3 is 1.86 bits per heavy atom. The summed E-state index contributed by atoms with van der Waals surface area (Å²) in [7, 11) is 1.55. The zero-order valence-corrected chi connectivity index (χ0v) is 7.06. The molecule has 2 atom stereocenters. The van der Waals surface area contributed by atoms with Gasteiger partial charge in [-0.1, -0.05) is 24.6 Å². The first-order chi connectivity index (χ1) is 3.18. The molecule has 0 nitrogen and oxygen atoms in total. The first-order valence-electron chi connectivity index (χ1n) is 2.16. The number of hydrogen-bond donors (Lipinski definition) is 2.